The van der Waals surface area contributed by atoms with Crippen molar-refractivity contribution in [3.05, 3.63) is 35.4 Å². The Morgan fingerprint density at radius 1 is 1.45 bits per heavy atom. The summed E-state index contributed by atoms with van der Waals surface area (Å²) in [5.74, 6) is -1.54. The van der Waals surface area contributed by atoms with Gasteiger partial charge >= 0.3 is 5.97 Å². The number of sulfonamides is 1. The second-order valence-corrected chi connectivity index (χ2v) is 5.79. The molecule has 1 aromatic rings. The first-order valence-electron chi connectivity index (χ1n) is 5.60. The second kappa shape index (κ2) is 7.00. The molecule has 108 valence electrons. The van der Waals surface area contributed by atoms with Gasteiger partial charge in [-0.25, -0.2) is 17.9 Å². The molecule has 0 aliphatic rings. The third-order valence-corrected chi connectivity index (χ3v) is 3.81. The largest absolute Gasteiger partial charge is 0.479 e. The van der Waals surface area contributed by atoms with Crippen LogP contribution < -0.4 is 4.72 Å². The van der Waals surface area contributed by atoms with Crippen molar-refractivity contribution in [1.29, 1.82) is 5.26 Å². The highest BCUT2D eigenvalue weighted by atomic mass is 32.2. The number of hydrogen-bond acceptors (Lipinski definition) is 5. The van der Waals surface area contributed by atoms with Crippen LogP contribution in [0.2, 0.25) is 0 Å². The van der Waals surface area contributed by atoms with Crippen LogP contribution in [0, 0.1) is 11.3 Å². The number of carbonyl (C=O) groups is 1. The molecule has 0 radical (unpaired) electrons. The number of methoxy groups -OCH3 is 1. The van der Waals surface area contributed by atoms with E-state index in [9.17, 15) is 13.2 Å². The number of nitrogens with zero attached hydrogens (tertiary/aromatic N) is 1. The normalized spacial score (nSPS) is 12.6. The highest BCUT2D eigenvalue weighted by molar-refractivity contribution is 7.88. The van der Waals surface area contributed by atoms with Crippen LogP contribution in [0.3, 0.4) is 0 Å². The molecule has 0 aromatic heterocycles. The minimum Gasteiger partial charge on any atom is -0.479 e. The van der Waals surface area contributed by atoms with Crippen LogP contribution in [0.4, 0.5) is 0 Å². The van der Waals surface area contributed by atoms with Crippen LogP contribution in [-0.4, -0.2) is 39.3 Å². The number of aliphatic carboxylic acids is 1. The van der Waals surface area contributed by atoms with Crippen LogP contribution in [0.15, 0.2) is 24.3 Å². The lowest BCUT2D eigenvalue weighted by Gasteiger charge is -2.12. The van der Waals surface area contributed by atoms with Gasteiger partial charge in [-0.15, -0.1) is 0 Å². The molecule has 1 atom stereocenters. The van der Waals surface area contributed by atoms with Gasteiger partial charge < -0.3 is 9.84 Å². The summed E-state index contributed by atoms with van der Waals surface area (Å²) in [5, 5.41) is 17.4. The Balaban J connectivity index is 2.65. The topological polar surface area (TPSA) is 116 Å². The van der Waals surface area contributed by atoms with Crippen molar-refractivity contribution in [2.24, 2.45) is 0 Å². The molecule has 0 amide bonds. The fraction of sp³-hybridized carbons (Fsp3) is 0.333. The van der Waals surface area contributed by atoms with E-state index in [-0.39, 0.29) is 12.3 Å². The van der Waals surface area contributed by atoms with Crippen molar-refractivity contribution >= 4 is 16.0 Å². The highest BCUT2D eigenvalue weighted by Gasteiger charge is 2.20. The first-order chi connectivity index (χ1) is 9.38. The Kier molecular flexibility index (Phi) is 5.64. The molecule has 8 heteroatoms. The Labute approximate surface area is 116 Å². The number of benzene rings is 1. The average Bonchev–Trinajstić information content (AvgIpc) is 2.39. The van der Waals surface area contributed by atoms with Crippen molar-refractivity contribution in [1.82, 2.24) is 4.72 Å². The Hall–Kier alpha value is -1.95. The van der Waals surface area contributed by atoms with E-state index in [2.05, 4.69) is 9.46 Å². The van der Waals surface area contributed by atoms with Gasteiger partial charge in [0.2, 0.25) is 10.0 Å². The summed E-state index contributed by atoms with van der Waals surface area (Å²) in [4.78, 5) is 10.7. The molecule has 0 bridgehead atoms. The zero-order valence-electron chi connectivity index (χ0n) is 10.7. The summed E-state index contributed by atoms with van der Waals surface area (Å²) in [5.41, 5.74) is 0.935. The van der Waals surface area contributed by atoms with Crippen LogP contribution in [-0.2, 0) is 25.3 Å². The number of carboxylic acid groups (broad SMARTS) is 1. The molecule has 0 aliphatic heterocycles. The standard InChI is InChI=1S/C12H14N2O5S/c1-19-11(12(15)16)7-14-20(17,18)8-10-4-2-9(6-13)3-5-10/h2-5,11,14H,7-8H2,1H3,(H,15,16). The maximum atomic E-state index is 11.8. The fourth-order valence-corrected chi connectivity index (χ4v) is 2.56. The van der Waals surface area contributed by atoms with E-state index in [1.54, 1.807) is 0 Å². The summed E-state index contributed by atoms with van der Waals surface area (Å²) >= 11 is 0. The Morgan fingerprint density at radius 3 is 2.50 bits per heavy atom. The van der Waals surface area contributed by atoms with E-state index in [0.717, 1.165) is 0 Å². The predicted octanol–water partition coefficient (Wildman–Crippen LogP) is 0.0773. The van der Waals surface area contributed by atoms with E-state index in [0.29, 0.717) is 11.1 Å². The van der Waals surface area contributed by atoms with E-state index >= 15 is 0 Å². The maximum Gasteiger partial charge on any atom is 0.334 e. The van der Waals surface area contributed by atoms with Crippen molar-refractivity contribution in [3.8, 4) is 6.07 Å². The predicted molar refractivity (Wildman–Crippen MR) is 70.2 cm³/mol. The molecule has 0 saturated heterocycles. The number of nitrogens with one attached hydrogen (secondary N) is 1. The average molecular weight is 298 g/mol. The molecule has 0 aliphatic carbocycles. The summed E-state index contributed by atoms with van der Waals surface area (Å²) in [7, 11) is -2.48. The summed E-state index contributed by atoms with van der Waals surface area (Å²) in [6.07, 6.45) is -1.23. The smallest absolute Gasteiger partial charge is 0.334 e. The molecule has 1 aromatic carbocycles. The monoisotopic (exact) mass is 298 g/mol. The van der Waals surface area contributed by atoms with Gasteiger partial charge in [0, 0.05) is 13.7 Å². The summed E-state index contributed by atoms with van der Waals surface area (Å²) < 4.78 is 30.3. The van der Waals surface area contributed by atoms with Gasteiger partial charge in [0.25, 0.3) is 0 Å². The minimum atomic E-state index is -3.67. The number of carboxylic acids is 1. The Bertz CT molecular complexity index is 604. The minimum absolute atomic E-state index is 0.297. The molecular weight excluding hydrogens is 284 g/mol. The molecule has 0 saturated carbocycles. The molecular formula is C12H14N2O5S. The van der Waals surface area contributed by atoms with Gasteiger partial charge in [-0.1, -0.05) is 12.1 Å². The SMILES string of the molecule is COC(CNS(=O)(=O)Cc1ccc(C#N)cc1)C(=O)O. The van der Waals surface area contributed by atoms with Crippen LogP contribution in [0.5, 0.6) is 0 Å². The Morgan fingerprint density at radius 2 is 2.05 bits per heavy atom. The van der Waals surface area contributed by atoms with E-state index in [1.165, 1.54) is 31.4 Å². The molecule has 2 N–H and O–H groups in total. The van der Waals surface area contributed by atoms with Gasteiger partial charge in [-0.3, -0.25) is 0 Å². The molecule has 0 heterocycles. The third kappa shape index (κ3) is 4.97. The molecule has 20 heavy (non-hydrogen) atoms. The second-order valence-electron chi connectivity index (χ2n) is 3.98. The summed E-state index contributed by atoms with van der Waals surface area (Å²) in [6.45, 7) is -0.343. The van der Waals surface area contributed by atoms with Crippen LogP contribution in [0.1, 0.15) is 11.1 Å². The van der Waals surface area contributed by atoms with Crippen molar-refractivity contribution in [2.45, 2.75) is 11.9 Å². The number of rotatable bonds is 7. The van der Waals surface area contributed by atoms with Crippen LogP contribution >= 0.6 is 0 Å². The van der Waals surface area contributed by atoms with Crippen molar-refractivity contribution in [3.63, 3.8) is 0 Å². The molecule has 0 fully saturated rings. The molecule has 1 unspecified atom stereocenters. The lowest BCUT2D eigenvalue weighted by atomic mass is 10.2. The van der Waals surface area contributed by atoms with Gasteiger partial charge in [0.15, 0.2) is 6.10 Å². The maximum absolute atomic E-state index is 11.8. The van der Waals surface area contributed by atoms with Gasteiger partial charge in [-0.05, 0) is 17.7 Å². The van der Waals surface area contributed by atoms with Crippen molar-refractivity contribution < 1.29 is 23.1 Å². The molecule has 1 rings (SSSR count). The highest BCUT2D eigenvalue weighted by Crippen LogP contribution is 2.07. The number of nitriles is 1. The number of hydrogen-bond donors (Lipinski definition) is 2. The molecule has 0 spiro atoms. The van der Waals surface area contributed by atoms with E-state index in [1.807, 2.05) is 6.07 Å². The van der Waals surface area contributed by atoms with Crippen LogP contribution in [0.25, 0.3) is 0 Å². The van der Waals surface area contributed by atoms with Gasteiger partial charge in [0.1, 0.15) is 0 Å². The van der Waals surface area contributed by atoms with Gasteiger partial charge in [0.05, 0.1) is 17.4 Å². The van der Waals surface area contributed by atoms with Gasteiger partial charge in [-0.2, -0.15) is 5.26 Å². The first-order valence-corrected chi connectivity index (χ1v) is 7.25. The summed E-state index contributed by atoms with van der Waals surface area (Å²) in [6, 6.07) is 8.02. The first kappa shape index (κ1) is 16.1. The van der Waals surface area contributed by atoms with E-state index in [4.69, 9.17) is 10.4 Å². The fourth-order valence-electron chi connectivity index (χ4n) is 1.42. The van der Waals surface area contributed by atoms with Crippen molar-refractivity contribution in [2.75, 3.05) is 13.7 Å². The molecule has 7 nitrogen and oxygen atoms in total. The lowest BCUT2D eigenvalue weighted by molar-refractivity contribution is -0.147. The zero-order chi connectivity index (χ0) is 15.2. The third-order valence-electron chi connectivity index (χ3n) is 2.49. The van der Waals surface area contributed by atoms with E-state index < -0.39 is 22.1 Å². The number of ether oxygens (including phenoxy) is 1. The zero-order valence-corrected chi connectivity index (χ0v) is 11.6. The lowest BCUT2D eigenvalue weighted by Crippen LogP contribution is -2.38. The quantitative estimate of drug-likeness (QED) is 0.736.